The predicted molar refractivity (Wildman–Crippen MR) is 74.7 cm³/mol. The summed E-state index contributed by atoms with van der Waals surface area (Å²) < 4.78 is 5.15. The molecular weight excluding hydrogens is 238 g/mol. The summed E-state index contributed by atoms with van der Waals surface area (Å²) in [5.41, 5.74) is 1.97. The zero-order chi connectivity index (χ0) is 11.6. The predicted octanol–water partition coefficient (Wildman–Crippen LogP) is 4.00. The van der Waals surface area contributed by atoms with Crippen molar-refractivity contribution in [3.8, 4) is 5.75 Å². The molecule has 2 rings (SSSR count). The maximum atomic E-state index is 5.15. The summed E-state index contributed by atoms with van der Waals surface area (Å²) >= 11 is 4.83. The molecule has 1 unspecified atom stereocenters. The van der Waals surface area contributed by atoms with E-state index >= 15 is 0 Å². The Labute approximate surface area is 103 Å². The fourth-order valence-electron chi connectivity index (χ4n) is 1.66. The summed E-state index contributed by atoms with van der Waals surface area (Å²) in [6.45, 7) is 2.14. The zero-order valence-electron chi connectivity index (χ0n) is 9.38. The normalized spacial score (nSPS) is 27.3. The molecule has 0 radical (unpaired) electrons. The molecule has 16 heavy (non-hydrogen) atoms. The van der Waals surface area contributed by atoms with Crippen LogP contribution in [0.15, 0.2) is 45.3 Å². The maximum absolute atomic E-state index is 5.15. The quantitative estimate of drug-likeness (QED) is 0.638. The van der Waals surface area contributed by atoms with Gasteiger partial charge in [0.2, 0.25) is 0 Å². The van der Waals surface area contributed by atoms with E-state index in [1.54, 1.807) is 7.11 Å². The SMILES string of the molecule is CCC1=CN=CS1(S)c1ccc(OC)cc1. The molecule has 0 amide bonds. The lowest BCUT2D eigenvalue weighted by Gasteiger charge is -2.29. The number of benzene rings is 1. The highest BCUT2D eigenvalue weighted by Crippen LogP contribution is 2.66. The maximum Gasteiger partial charge on any atom is 0.118 e. The van der Waals surface area contributed by atoms with Gasteiger partial charge in [-0.2, -0.15) is 0 Å². The molecule has 1 aromatic rings. The Hall–Kier alpha value is -0.870. The minimum absolute atomic E-state index is 0.872. The lowest BCUT2D eigenvalue weighted by molar-refractivity contribution is 0.414. The first-order chi connectivity index (χ1) is 7.70. The number of nitrogens with zero attached hydrogens (tertiary/aromatic N) is 1. The molecule has 0 saturated carbocycles. The number of thiol groups is 1. The molecule has 2 nitrogen and oxygen atoms in total. The number of hydrogen-bond acceptors (Lipinski definition) is 3. The summed E-state index contributed by atoms with van der Waals surface area (Å²) in [6.07, 6.45) is 2.93. The van der Waals surface area contributed by atoms with E-state index in [1.165, 1.54) is 9.80 Å². The van der Waals surface area contributed by atoms with Gasteiger partial charge < -0.3 is 4.74 Å². The molecule has 0 aromatic heterocycles. The Morgan fingerprint density at radius 1 is 1.31 bits per heavy atom. The van der Waals surface area contributed by atoms with Gasteiger partial charge in [-0.05, 0) is 30.7 Å². The van der Waals surface area contributed by atoms with Crippen LogP contribution in [0.3, 0.4) is 0 Å². The lowest BCUT2D eigenvalue weighted by Crippen LogP contribution is -1.95. The number of hydrogen-bond donors (Lipinski definition) is 1. The van der Waals surface area contributed by atoms with Gasteiger partial charge >= 0.3 is 0 Å². The van der Waals surface area contributed by atoms with Gasteiger partial charge in [-0.25, -0.2) is 0 Å². The van der Waals surface area contributed by atoms with E-state index in [-0.39, 0.29) is 0 Å². The van der Waals surface area contributed by atoms with Crippen LogP contribution in [0.5, 0.6) is 5.75 Å². The molecule has 0 saturated heterocycles. The minimum Gasteiger partial charge on any atom is -0.497 e. The van der Waals surface area contributed by atoms with Gasteiger partial charge in [0.15, 0.2) is 0 Å². The van der Waals surface area contributed by atoms with E-state index in [0.29, 0.717) is 0 Å². The van der Waals surface area contributed by atoms with Crippen LogP contribution in [0, 0.1) is 0 Å². The molecule has 86 valence electrons. The van der Waals surface area contributed by atoms with Crippen molar-refractivity contribution in [1.82, 2.24) is 0 Å². The number of allylic oxidation sites excluding steroid dienone is 1. The second-order valence-electron chi connectivity index (χ2n) is 3.50. The fraction of sp³-hybridized carbons (Fsp3) is 0.250. The van der Waals surface area contributed by atoms with Gasteiger partial charge in [-0.1, -0.05) is 6.92 Å². The number of ether oxygens (including phenoxy) is 1. The molecule has 0 spiro atoms. The number of aliphatic imine (C=N–C) groups is 1. The van der Waals surface area contributed by atoms with Crippen LogP contribution in [0.2, 0.25) is 0 Å². The molecule has 1 aliphatic rings. The summed E-state index contributed by atoms with van der Waals surface area (Å²) in [4.78, 5) is 6.77. The topological polar surface area (TPSA) is 21.6 Å². The molecule has 0 fully saturated rings. The monoisotopic (exact) mass is 253 g/mol. The second kappa shape index (κ2) is 4.55. The molecule has 4 heteroatoms. The smallest absolute Gasteiger partial charge is 0.118 e. The average Bonchev–Trinajstić information content (AvgIpc) is 2.72. The Bertz CT molecular complexity index is 439. The molecule has 0 bridgehead atoms. The van der Waals surface area contributed by atoms with Crippen molar-refractivity contribution in [2.24, 2.45) is 4.99 Å². The first kappa shape index (κ1) is 11.6. The summed E-state index contributed by atoms with van der Waals surface area (Å²) in [5.74, 6) is 0.872. The van der Waals surface area contributed by atoms with Crippen molar-refractivity contribution < 1.29 is 4.74 Å². The van der Waals surface area contributed by atoms with Crippen molar-refractivity contribution in [3.05, 3.63) is 35.4 Å². The zero-order valence-corrected chi connectivity index (χ0v) is 11.1. The van der Waals surface area contributed by atoms with E-state index in [4.69, 9.17) is 16.4 Å². The summed E-state index contributed by atoms with van der Waals surface area (Å²) in [5, 5.41) is 0. The van der Waals surface area contributed by atoms with Crippen molar-refractivity contribution >= 4 is 26.3 Å². The molecular formula is C12H15NOS2. The molecule has 1 aromatic carbocycles. The van der Waals surface area contributed by atoms with E-state index < -0.39 is 9.06 Å². The highest BCUT2D eigenvalue weighted by atomic mass is 33.1. The second-order valence-corrected chi connectivity index (χ2v) is 7.69. The average molecular weight is 253 g/mol. The molecule has 1 aliphatic heterocycles. The van der Waals surface area contributed by atoms with Crippen LogP contribution < -0.4 is 4.74 Å². The van der Waals surface area contributed by atoms with Crippen LogP contribution in [0.1, 0.15) is 13.3 Å². The van der Waals surface area contributed by atoms with E-state index in [2.05, 4.69) is 24.0 Å². The Morgan fingerprint density at radius 2 is 2.00 bits per heavy atom. The van der Waals surface area contributed by atoms with Crippen LogP contribution in [0.4, 0.5) is 0 Å². The lowest BCUT2D eigenvalue weighted by atomic mass is 10.3. The highest BCUT2D eigenvalue weighted by molar-refractivity contribution is 8.95. The standard InChI is InChI=1S/C12H15NOS2/c1-3-11-8-13-9-16(11,15)12-6-4-10(14-2)5-7-12/h4-9,15H,3H2,1-2H3. The van der Waals surface area contributed by atoms with Crippen LogP contribution in [0.25, 0.3) is 0 Å². The molecule has 1 atom stereocenters. The third kappa shape index (κ3) is 1.87. The first-order valence-electron chi connectivity index (χ1n) is 5.13. The molecule has 0 N–H and O–H groups in total. The van der Waals surface area contributed by atoms with Crippen LogP contribution >= 0.6 is 20.7 Å². The van der Waals surface area contributed by atoms with Crippen LogP contribution in [-0.4, -0.2) is 12.7 Å². The summed E-state index contributed by atoms with van der Waals surface area (Å²) in [7, 11) is 0.383. The Kier molecular flexibility index (Phi) is 3.30. The summed E-state index contributed by atoms with van der Waals surface area (Å²) in [6, 6.07) is 8.09. The van der Waals surface area contributed by atoms with Gasteiger partial charge in [0.1, 0.15) is 5.75 Å². The number of rotatable bonds is 3. The van der Waals surface area contributed by atoms with E-state index in [1.807, 2.05) is 23.9 Å². The van der Waals surface area contributed by atoms with E-state index in [9.17, 15) is 0 Å². The molecule has 0 aliphatic carbocycles. The minimum atomic E-state index is -1.29. The van der Waals surface area contributed by atoms with E-state index in [0.717, 1.165) is 12.2 Å². The van der Waals surface area contributed by atoms with Gasteiger partial charge in [0.25, 0.3) is 0 Å². The molecule has 1 heterocycles. The van der Waals surface area contributed by atoms with Gasteiger partial charge in [0, 0.05) is 16.0 Å². The van der Waals surface area contributed by atoms with Crippen molar-refractivity contribution in [1.29, 1.82) is 0 Å². The Balaban J connectivity index is 2.36. The first-order valence-corrected chi connectivity index (χ1v) is 7.87. The largest absolute Gasteiger partial charge is 0.497 e. The van der Waals surface area contributed by atoms with Crippen LogP contribution in [-0.2, 0) is 0 Å². The Morgan fingerprint density at radius 3 is 2.56 bits per heavy atom. The highest BCUT2D eigenvalue weighted by Gasteiger charge is 2.26. The fourth-order valence-corrected chi connectivity index (χ4v) is 4.72. The van der Waals surface area contributed by atoms with Gasteiger partial charge in [-0.15, -0.1) is 20.7 Å². The third-order valence-corrected chi connectivity index (χ3v) is 6.83. The number of methoxy groups -OCH3 is 1. The van der Waals surface area contributed by atoms with Gasteiger partial charge in [0.05, 0.1) is 12.7 Å². The van der Waals surface area contributed by atoms with Crippen molar-refractivity contribution in [2.45, 2.75) is 18.2 Å². The van der Waals surface area contributed by atoms with Gasteiger partial charge in [-0.3, -0.25) is 4.99 Å². The van der Waals surface area contributed by atoms with Crippen molar-refractivity contribution in [2.75, 3.05) is 7.11 Å². The van der Waals surface area contributed by atoms with Crippen molar-refractivity contribution in [3.63, 3.8) is 0 Å². The third-order valence-electron chi connectivity index (χ3n) is 2.60.